The van der Waals surface area contributed by atoms with Gasteiger partial charge in [-0.05, 0) is 31.2 Å². The van der Waals surface area contributed by atoms with E-state index in [1.807, 2.05) is 31.2 Å². The fraction of sp³-hybridized carbons (Fsp3) is 0.273. The topological polar surface area (TPSA) is 50.6 Å². The van der Waals surface area contributed by atoms with Gasteiger partial charge in [0.1, 0.15) is 11.6 Å². The van der Waals surface area contributed by atoms with Crippen molar-refractivity contribution in [3.63, 3.8) is 0 Å². The number of imidazole rings is 1. The predicted molar refractivity (Wildman–Crippen MR) is 109 cm³/mol. The molecule has 1 aromatic heterocycles. The number of halogens is 1. The van der Waals surface area contributed by atoms with Crippen LogP contribution in [0.1, 0.15) is 5.56 Å². The second-order valence-electron chi connectivity index (χ2n) is 7.02. The van der Waals surface area contributed by atoms with Crippen molar-refractivity contribution in [1.82, 2.24) is 14.5 Å². The number of piperazine rings is 1. The number of anilines is 1. The van der Waals surface area contributed by atoms with Crippen molar-refractivity contribution in [2.45, 2.75) is 6.92 Å². The molecule has 0 unspecified atom stereocenters. The van der Waals surface area contributed by atoms with Gasteiger partial charge in [0.25, 0.3) is 5.91 Å². The number of rotatable bonds is 5. The predicted octanol–water partition coefficient (Wildman–Crippen LogP) is 3.05. The Bertz CT molecular complexity index is 978. The van der Waals surface area contributed by atoms with Crippen LogP contribution in [0.15, 0.2) is 60.9 Å². The summed E-state index contributed by atoms with van der Waals surface area (Å²) in [5, 5.41) is 0. The molecular formula is C22H23FN4O2. The number of aromatic nitrogens is 2. The maximum absolute atomic E-state index is 14.2. The molecule has 2 aromatic carbocycles. The number of benzene rings is 2. The largest absolute Gasteiger partial charge is 0.484 e. The van der Waals surface area contributed by atoms with Crippen molar-refractivity contribution in [3.05, 3.63) is 72.3 Å². The maximum atomic E-state index is 14.2. The maximum Gasteiger partial charge on any atom is 0.260 e. The SMILES string of the molecule is Cc1ccc(OCC(=O)N2CCN(c3nccn3-c3ccccc3F)CC2)cc1. The van der Waals surface area contributed by atoms with Gasteiger partial charge in [-0.15, -0.1) is 0 Å². The Labute approximate surface area is 169 Å². The van der Waals surface area contributed by atoms with Crippen LogP contribution in [0.25, 0.3) is 5.69 Å². The van der Waals surface area contributed by atoms with Crippen molar-refractivity contribution in [2.24, 2.45) is 0 Å². The zero-order chi connectivity index (χ0) is 20.2. The molecule has 1 aliphatic heterocycles. The lowest BCUT2D eigenvalue weighted by Crippen LogP contribution is -2.50. The highest BCUT2D eigenvalue weighted by Crippen LogP contribution is 2.22. The normalized spacial score (nSPS) is 14.1. The van der Waals surface area contributed by atoms with E-state index in [9.17, 15) is 9.18 Å². The summed E-state index contributed by atoms with van der Waals surface area (Å²) < 4.78 is 21.5. The molecule has 1 aliphatic rings. The number of nitrogens with zero attached hydrogens (tertiary/aromatic N) is 4. The highest BCUT2D eigenvalue weighted by molar-refractivity contribution is 5.78. The van der Waals surface area contributed by atoms with Crippen LogP contribution in [0.4, 0.5) is 10.3 Å². The molecule has 6 nitrogen and oxygen atoms in total. The Morgan fingerprint density at radius 2 is 1.79 bits per heavy atom. The van der Waals surface area contributed by atoms with Crippen LogP contribution < -0.4 is 9.64 Å². The molecule has 150 valence electrons. The van der Waals surface area contributed by atoms with Gasteiger partial charge < -0.3 is 14.5 Å². The third-order valence-corrected chi connectivity index (χ3v) is 5.03. The summed E-state index contributed by atoms with van der Waals surface area (Å²) in [4.78, 5) is 20.7. The standard InChI is InChI=1S/C22H23FN4O2/c1-17-6-8-18(9-7-17)29-16-21(28)25-12-14-26(15-13-25)22-24-10-11-27(22)20-5-3-2-4-19(20)23/h2-11H,12-16H2,1H3. The molecule has 0 atom stereocenters. The molecule has 2 heterocycles. The van der Waals surface area contributed by atoms with E-state index in [0.717, 1.165) is 5.56 Å². The summed E-state index contributed by atoms with van der Waals surface area (Å²) in [6.45, 7) is 4.42. The zero-order valence-corrected chi connectivity index (χ0v) is 16.3. The van der Waals surface area contributed by atoms with Gasteiger partial charge in [-0.2, -0.15) is 0 Å². The number of hydrogen-bond acceptors (Lipinski definition) is 4. The second-order valence-corrected chi connectivity index (χ2v) is 7.02. The average molecular weight is 394 g/mol. The first-order valence-electron chi connectivity index (χ1n) is 9.62. The van der Waals surface area contributed by atoms with E-state index in [4.69, 9.17) is 4.74 Å². The van der Waals surface area contributed by atoms with Gasteiger partial charge in [-0.1, -0.05) is 29.8 Å². The molecule has 0 N–H and O–H groups in total. The van der Waals surface area contributed by atoms with Crippen LogP contribution >= 0.6 is 0 Å². The van der Waals surface area contributed by atoms with E-state index in [0.29, 0.717) is 43.6 Å². The molecule has 0 aliphatic carbocycles. The van der Waals surface area contributed by atoms with Gasteiger partial charge in [-0.3, -0.25) is 9.36 Å². The van der Waals surface area contributed by atoms with Crippen molar-refractivity contribution < 1.29 is 13.9 Å². The molecule has 7 heteroatoms. The average Bonchev–Trinajstić information content (AvgIpc) is 3.23. The number of amides is 1. The van der Waals surface area contributed by atoms with Crippen molar-refractivity contribution in [1.29, 1.82) is 0 Å². The van der Waals surface area contributed by atoms with E-state index in [1.54, 1.807) is 40.1 Å². The molecule has 29 heavy (non-hydrogen) atoms. The van der Waals surface area contributed by atoms with Gasteiger partial charge in [0.05, 0.1) is 5.69 Å². The minimum atomic E-state index is -0.297. The van der Waals surface area contributed by atoms with Crippen LogP contribution in [-0.4, -0.2) is 53.1 Å². The van der Waals surface area contributed by atoms with Crippen LogP contribution in [0.2, 0.25) is 0 Å². The number of carbonyl (C=O) groups excluding carboxylic acids is 1. The lowest BCUT2D eigenvalue weighted by molar-refractivity contribution is -0.133. The smallest absolute Gasteiger partial charge is 0.260 e. The summed E-state index contributed by atoms with van der Waals surface area (Å²) in [6, 6.07) is 14.3. The molecule has 0 spiro atoms. The lowest BCUT2D eigenvalue weighted by atomic mass is 10.2. The highest BCUT2D eigenvalue weighted by atomic mass is 19.1. The Balaban J connectivity index is 1.35. The van der Waals surface area contributed by atoms with Crippen molar-refractivity contribution in [3.8, 4) is 11.4 Å². The zero-order valence-electron chi connectivity index (χ0n) is 16.3. The number of aryl methyl sites for hydroxylation is 1. The van der Waals surface area contributed by atoms with Crippen LogP contribution in [-0.2, 0) is 4.79 Å². The summed E-state index contributed by atoms with van der Waals surface area (Å²) in [5.41, 5.74) is 1.61. The third-order valence-electron chi connectivity index (χ3n) is 5.03. The first-order chi connectivity index (χ1) is 14.1. The lowest BCUT2D eigenvalue weighted by Gasteiger charge is -2.35. The van der Waals surface area contributed by atoms with Gasteiger partial charge in [0.15, 0.2) is 6.61 Å². The van der Waals surface area contributed by atoms with Crippen LogP contribution in [0.3, 0.4) is 0 Å². The first kappa shape index (κ1) is 19.0. The first-order valence-corrected chi connectivity index (χ1v) is 9.62. The van der Waals surface area contributed by atoms with Crippen molar-refractivity contribution >= 4 is 11.9 Å². The van der Waals surface area contributed by atoms with Gasteiger partial charge in [0.2, 0.25) is 5.95 Å². The summed E-state index contributed by atoms with van der Waals surface area (Å²) in [6.07, 6.45) is 3.41. The van der Waals surface area contributed by atoms with Crippen molar-refractivity contribution in [2.75, 3.05) is 37.7 Å². The molecule has 0 saturated carbocycles. The molecule has 4 rings (SSSR count). The fourth-order valence-electron chi connectivity index (χ4n) is 3.39. The van der Waals surface area contributed by atoms with Crippen LogP contribution in [0.5, 0.6) is 5.75 Å². The number of para-hydroxylation sites is 1. The third kappa shape index (κ3) is 4.23. The van der Waals surface area contributed by atoms with E-state index >= 15 is 0 Å². The van der Waals surface area contributed by atoms with Gasteiger partial charge in [-0.25, -0.2) is 9.37 Å². The minimum absolute atomic E-state index is 0.0207. The number of ether oxygens (including phenoxy) is 1. The summed E-state index contributed by atoms with van der Waals surface area (Å²) in [7, 11) is 0. The molecule has 0 radical (unpaired) electrons. The van der Waals surface area contributed by atoms with Gasteiger partial charge in [0, 0.05) is 38.6 Å². The second kappa shape index (κ2) is 8.34. The Hall–Kier alpha value is -3.35. The molecule has 1 fully saturated rings. The molecule has 1 saturated heterocycles. The Kier molecular flexibility index (Phi) is 5.46. The van der Waals surface area contributed by atoms with Crippen LogP contribution in [0, 0.1) is 12.7 Å². The fourth-order valence-corrected chi connectivity index (χ4v) is 3.39. The monoisotopic (exact) mass is 394 g/mol. The molecular weight excluding hydrogens is 371 g/mol. The van der Waals surface area contributed by atoms with Gasteiger partial charge >= 0.3 is 0 Å². The quantitative estimate of drug-likeness (QED) is 0.668. The highest BCUT2D eigenvalue weighted by Gasteiger charge is 2.24. The Morgan fingerprint density at radius 1 is 1.07 bits per heavy atom. The molecule has 3 aromatic rings. The van der Waals surface area contributed by atoms with E-state index in [1.165, 1.54) is 6.07 Å². The summed E-state index contributed by atoms with van der Waals surface area (Å²) >= 11 is 0. The number of hydrogen-bond donors (Lipinski definition) is 0. The van der Waals surface area contributed by atoms with E-state index in [-0.39, 0.29) is 18.3 Å². The number of carbonyl (C=O) groups is 1. The Morgan fingerprint density at radius 3 is 2.52 bits per heavy atom. The molecule has 1 amide bonds. The summed E-state index contributed by atoms with van der Waals surface area (Å²) in [5.74, 6) is 1.03. The molecule has 0 bridgehead atoms. The van der Waals surface area contributed by atoms with E-state index < -0.39 is 0 Å². The van der Waals surface area contributed by atoms with E-state index in [2.05, 4.69) is 9.88 Å². The minimum Gasteiger partial charge on any atom is -0.484 e.